The molecule has 0 saturated carbocycles. The zero-order valence-electron chi connectivity index (χ0n) is 36.4. The average molecular weight is 1000 g/mol. The van der Waals surface area contributed by atoms with Crippen LogP contribution in [0.3, 0.4) is 0 Å². The second-order valence-electron chi connectivity index (χ2n) is 17.4. The number of nitrogens with zero attached hydrogens (tertiary/aromatic N) is 2. The van der Waals surface area contributed by atoms with Gasteiger partial charge < -0.3 is 0 Å². The third kappa shape index (κ3) is 6.27. The van der Waals surface area contributed by atoms with E-state index >= 15 is 0 Å². The van der Waals surface area contributed by atoms with Crippen molar-refractivity contribution in [2.45, 2.75) is 0 Å². The van der Waals surface area contributed by atoms with Crippen molar-refractivity contribution in [3.05, 3.63) is 224 Å². The molecule has 0 fully saturated rings. The van der Waals surface area contributed by atoms with Gasteiger partial charge >= 0.3 is 408 Å². The fourth-order valence-electron chi connectivity index (χ4n) is 10.4. The van der Waals surface area contributed by atoms with Gasteiger partial charge in [-0.05, 0) is 0 Å². The number of benzene rings is 11. The van der Waals surface area contributed by atoms with Crippen LogP contribution in [0.25, 0.3) is 95.8 Å². The molecule has 0 radical (unpaired) electrons. The number of furan rings is 2. The molecule has 11 aromatic carbocycles. The van der Waals surface area contributed by atoms with E-state index in [0.29, 0.717) is 0 Å². The van der Waals surface area contributed by atoms with Crippen LogP contribution in [0.5, 0.6) is 0 Å². The van der Waals surface area contributed by atoms with Crippen LogP contribution in [-0.4, -0.2) is 30.5 Å². The molecule has 4 nitrogen and oxygen atoms in total. The van der Waals surface area contributed by atoms with Gasteiger partial charge in [0.25, 0.3) is 0 Å². The van der Waals surface area contributed by atoms with Crippen molar-refractivity contribution < 1.29 is 8.83 Å². The van der Waals surface area contributed by atoms with Gasteiger partial charge in [0.05, 0.1) is 0 Å². The van der Waals surface area contributed by atoms with Gasteiger partial charge in [0.2, 0.25) is 0 Å². The summed E-state index contributed by atoms with van der Waals surface area (Å²) in [7, 11) is 0. The Morgan fingerprint density at radius 3 is 1.47 bits per heavy atom. The Hall–Kier alpha value is -7.82. The summed E-state index contributed by atoms with van der Waals surface area (Å²) in [6.45, 7) is 0. The molecule has 0 atom stereocenters. The summed E-state index contributed by atoms with van der Waals surface area (Å²) in [6, 6.07) is 80.9. The Morgan fingerprint density at radius 1 is 0.338 bits per heavy atom. The molecule has 3 aromatic heterocycles. The average Bonchev–Trinajstić information content (AvgIpc) is 4.07. The van der Waals surface area contributed by atoms with Gasteiger partial charge in [-0.3, -0.25) is 0 Å². The summed E-state index contributed by atoms with van der Waals surface area (Å²) < 4.78 is 17.5. The first-order valence-corrected chi connectivity index (χ1v) is 25.4. The first-order chi connectivity index (χ1) is 33.6. The third-order valence-electron chi connectivity index (χ3n) is 13.4. The van der Waals surface area contributed by atoms with E-state index in [0.717, 1.165) is 98.3 Å². The fraction of sp³-hybridized carbons (Fsp3) is 0. The molecule has 3 heterocycles. The summed E-state index contributed by atoms with van der Waals surface area (Å²) >= 11 is 3.03. The van der Waals surface area contributed by atoms with E-state index in [1.165, 1.54) is 36.1 Å². The van der Waals surface area contributed by atoms with Crippen molar-refractivity contribution in [3.63, 3.8) is 0 Å². The van der Waals surface area contributed by atoms with E-state index < -0.39 is 0 Å². The topological polar surface area (TPSA) is 32.8 Å². The number of fused-ring (bicyclic) bond motifs is 12. The molecule has 0 bridgehead atoms. The van der Waals surface area contributed by atoms with Gasteiger partial charge in [-0.2, -0.15) is 0 Å². The summed E-state index contributed by atoms with van der Waals surface area (Å²) in [6.07, 6.45) is 0. The van der Waals surface area contributed by atoms with Crippen molar-refractivity contribution in [2.75, 3.05) is 9.80 Å². The molecule has 0 saturated heterocycles. The molecule has 0 aliphatic heterocycles. The molecule has 0 amide bonds. The second kappa shape index (κ2) is 15.6. The maximum atomic E-state index is 6.76. The number of hydrogen-bond acceptors (Lipinski definition) is 4. The fourth-order valence-corrected chi connectivity index (χ4v) is 13.5. The van der Waals surface area contributed by atoms with Crippen molar-refractivity contribution in [3.8, 4) is 11.1 Å². The van der Waals surface area contributed by atoms with Crippen LogP contribution in [0, 0.1) is 0 Å². The van der Waals surface area contributed by atoms with E-state index in [2.05, 4.69) is 250 Å². The minimum absolute atomic E-state index is 0.266. The predicted octanol–water partition coefficient (Wildman–Crippen LogP) is 16.3. The van der Waals surface area contributed by atoms with Crippen LogP contribution in [0.1, 0.15) is 0 Å². The van der Waals surface area contributed by atoms with Crippen LogP contribution in [0.4, 0.5) is 34.1 Å². The molecule has 320 valence electrons. The number of para-hydroxylation sites is 2. The van der Waals surface area contributed by atoms with Gasteiger partial charge in [-0.25, -0.2) is 0 Å². The van der Waals surface area contributed by atoms with Gasteiger partial charge in [-0.15, -0.1) is 0 Å². The van der Waals surface area contributed by atoms with Gasteiger partial charge in [0, 0.05) is 0 Å². The summed E-state index contributed by atoms with van der Waals surface area (Å²) in [5, 5.41) is 11.5. The van der Waals surface area contributed by atoms with Crippen molar-refractivity contribution in [1.82, 2.24) is 0 Å². The molecule has 14 aromatic rings. The molecule has 0 aliphatic carbocycles. The number of anilines is 6. The Bertz CT molecular complexity index is 4290. The predicted molar refractivity (Wildman–Crippen MR) is 290 cm³/mol. The molecule has 14 rings (SSSR count). The molecule has 0 spiro atoms. The van der Waals surface area contributed by atoms with Gasteiger partial charge in [0.1, 0.15) is 0 Å². The van der Waals surface area contributed by atoms with E-state index in [-0.39, 0.29) is 14.5 Å². The van der Waals surface area contributed by atoms with Crippen LogP contribution >= 0.6 is 0 Å². The zero-order valence-corrected chi connectivity index (χ0v) is 40.0. The monoisotopic (exact) mass is 1000 g/mol. The van der Waals surface area contributed by atoms with Crippen LogP contribution in [0.15, 0.2) is 233 Å². The number of hydrogen-bond donors (Lipinski definition) is 0. The van der Waals surface area contributed by atoms with Gasteiger partial charge in [-0.1, -0.05) is 0 Å². The van der Waals surface area contributed by atoms with E-state index in [4.69, 9.17) is 8.83 Å². The van der Waals surface area contributed by atoms with E-state index in [9.17, 15) is 0 Å². The van der Waals surface area contributed by atoms with Crippen molar-refractivity contribution in [2.24, 2.45) is 0 Å². The van der Waals surface area contributed by atoms with Crippen LogP contribution in [-0.2, 0) is 0 Å². The van der Waals surface area contributed by atoms with Crippen LogP contribution in [0.2, 0.25) is 0 Å². The molecule has 6 heteroatoms. The summed E-state index contributed by atoms with van der Waals surface area (Å²) in [5.41, 5.74) is 12.4. The number of rotatable bonds is 7. The SMILES string of the molecule is [SeH]c1cccc(N(c2ccccc2)c2ccc3cc4c(cc3c2)oc2ccc3oc5cc6cc(N(c7ccccc7)c7cccc8[se]c9ccccc9c78)ccc6cc5c3c24)c1-c1ccccc1. The Labute approximate surface area is 405 Å². The molecule has 0 unspecified atom stereocenters. The van der Waals surface area contributed by atoms with Crippen molar-refractivity contribution >= 4 is 154 Å². The molecule has 68 heavy (non-hydrogen) atoms. The third-order valence-corrected chi connectivity index (χ3v) is 16.6. The molecular formula is C62H38N2O2Se2. The maximum absolute atomic E-state index is 6.76. The Kier molecular flexibility index (Phi) is 9.05. The van der Waals surface area contributed by atoms with E-state index in [1.54, 1.807) is 0 Å². The minimum atomic E-state index is 0.266. The van der Waals surface area contributed by atoms with Crippen LogP contribution < -0.4 is 14.3 Å². The zero-order chi connectivity index (χ0) is 44.9. The first kappa shape index (κ1) is 39.4. The molecule has 0 N–H and O–H groups in total. The Balaban J connectivity index is 0.905. The normalized spacial score (nSPS) is 11.9. The Morgan fingerprint density at radius 2 is 0.853 bits per heavy atom. The quantitative estimate of drug-likeness (QED) is 0.149. The van der Waals surface area contributed by atoms with E-state index in [1.807, 2.05) is 0 Å². The van der Waals surface area contributed by atoms with Gasteiger partial charge in [0.15, 0.2) is 0 Å². The second-order valence-corrected chi connectivity index (χ2v) is 20.7. The first-order valence-electron chi connectivity index (χ1n) is 22.8. The summed E-state index contributed by atoms with van der Waals surface area (Å²) in [5.74, 6) is 0. The summed E-state index contributed by atoms with van der Waals surface area (Å²) in [4.78, 5) is 4.78. The molecule has 0 aliphatic rings. The molecular weight excluding hydrogens is 963 g/mol. The standard InChI is InChI=1S/C62H38N2O2Se2/c67-56-23-12-21-50(59(56)38-14-4-1-5-15-38)63(43-16-6-2-7-17-43)45-28-26-39-34-48-54(36-41(39)32-45)65-52-30-31-53-62(61(48)52)49-35-40-27-29-46(33-42(40)37-55(49)66-53)64(44-18-8-3-9-19-44)51-22-13-25-58-60(51)47-20-10-11-24-57(47)68-58/h1-37,67H. The van der Waals surface area contributed by atoms with Crippen molar-refractivity contribution in [1.29, 1.82) is 0 Å².